The zero-order valence-corrected chi connectivity index (χ0v) is 17.7. The van der Waals surface area contributed by atoms with Crippen LogP contribution in [-0.2, 0) is 14.4 Å². The van der Waals surface area contributed by atoms with Crippen LogP contribution in [0.2, 0.25) is 0 Å². The number of carbonyl (C=O) groups excluding carboxylic acids is 3. The van der Waals surface area contributed by atoms with Gasteiger partial charge in [-0.15, -0.1) is 0 Å². The summed E-state index contributed by atoms with van der Waals surface area (Å²) in [6, 6.07) is 13.2. The number of benzene rings is 2. The molecule has 7 nitrogen and oxygen atoms in total. The molecule has 1 heterocycles. The lowest BCUT2D eigenvalue weighted by atomic mass is 10.1. The Morgan fingerprint density at radius 3 is 2.40 bits per heavy atom. The molecule has 2 aromatic rings. The number of anilines is 2. The number of hydrogen-bond donors (Lipinski definition) is 1. The lowest BCUT2D eigenvalue weighted by Crippen LogP contribution is -2.42. The van der Waals surface area contributed by atoms with Crippen molar-refractivity contribution in [1.29, 1.82) is 0 Å². The number of carbonyl (C=O) groups is 3. The van der Waals surface area contributed by atoms with Crippen molar-refractivity contribution in [3.63, 3.8) is 0 Å². The van der Waals surface area contributed by atoms with Crippen LogP contribution < -0.4 is 10.3 Å². The number of aryl methyl sites for hydroxylation is 3. The van der Waals surface area contributed by atoms with Crippen molar-refractivity contribution in [3.8, 4) is 0 Å². The van der Waals surface area contributed by atoms with E-state index in [4.69, 9.17) is 0 Å². The Labute approximate surface area is 176 Å². The monoisotopic (exact) mass is 406 g/mol. The van der Waals surface area contributed by atoms with Crippen molar-refractivity contribution in [3.05, 3.63) is 59.2 Å². The normalized spacial score (nSPS) is 13.7. The number of para-hydroxylation sites is 1. The molecule has 156 valence electrons. The highest BCUT2D eigenvalue weighted by molar-refractivity contribution is 6.40. The molecule has 0 aromatic heterocycles. The van der Waals surface area contributed by atoms with Crippen LogP contribution in [0.5, 0.6) is 0 Å². The zero-order chi connectivity index (χ0) is 21.8. The van der Waals surface area contributed by atoms with E-state index in [-0.39, 0.29) is 42.8 Å². The van der Waals surface area contributed by atoms with E-state index in [9.17, 15) is 14.4 Å². The Bertz CT molecular complexity index is 1010. The minimum absolute atomic E-state index is 0.107. The van der Waals surface area contributed by atoms with Gasteiger partial charge in [-0.25, -0.2) is 5.01 Å². The Morgan fingerprint density at radius 2 is 1.73 bits per heavy atom. The molecule has 7 heteroatoms. The van der Waals surface area contributed by atoms with Crippen LogP contribution in [0.3, 0.4) is 0 Å². The summed E-state index contributed by atoms with van der Waals surface area (Å²) in [6.45, 7) is 5.66. The van der Waals surface area contributed by atoms with Gasteiger partial charge in [-0.2, -0.15) is 5.10 Å². The van der Waals surface area contributed by atoms with Gasteiger partial charge in [0, 0.05) is 25.6 Å². The minimum atomic E-state index is -0.364. The first-order valence-corrected chi connectivity index (χ1v) is 9.85. The Morgan fingerprint density at radius 1 is 1.07 bits per heavy atom. The average Bonchev–Trinajstić information content (AvgIpc) is 2.70. The maximum atomic E-state index is 12.8. The Balaban J connectivity index is 1.71. The highest BCUT2D eigenvalue weighted by Gasteiger charge is 2.28. The third-order valence-corrected chi connectivity index (χ3v) is 5.00. The topological polar surface area (TPSA) is 82.1 Å². The molecule has 1 N–H and O–H groups in total. The quantitative estimate of drug-likeness (QED) is 0.828. The lowest BCUT2D eigenvalue weighted by Gasteiger charge is -2.25. The standard InChI is InChI=1S/C23H26N4O3/c1-15-7-5-10-18(13-15)27-21(29)12-11-19(25-27)23(30)26(4)14-20(28)24-22-16(2)8-6-9-17(22)3/h5-10,13H,11-12,14H2,1-4H3,(H,24,28). The molecule has 0 bridgehead atoms. The Hall–Kier alpha value is -3.48. The first-order chi connectivity index (χ1) is 14.3. The van der Waals surface area contributed by atoms with E-state index in [0.717, 1.165) is 22.4 Å². The van der Waals surface area contributed by atoms with Gasteiger partial charge in [0.15, 0.2) is 0 Å². The molecule has 0 fully saturated rings. The summed E-state index contributed by atoms with van der Waals surface area (Å²) in [5, 5.41) is 8.44. The maximum absolute atomic E-state index is 12.8. The number of nitrogens with zero attached hydrogens (tertiary/aromatic N) is 3. The fraction of sp³-hybridized carbons (Fsp3) is 0.304. The Kier molecular flexibility index (Phi) is 6.30. The van der Waals surface area contributed by atoms with Crippen LogP contribution in [-0.4, -0.2) is 41.9 Å². The van der Waals surface area contributed by atoms with Crippen LogP contribution in [0.15, 0.2) is 47.6 Å². The van der Waals surface area contributed by atoms with Crippen LogP contribution in [0.1, 0.15) is 29.5 Å². The van der Waals surface area contributed by atoms with Crippen LogP contribution in [0.25, 0.3) is 0 Å². The molecule has 3 rings (SSSR count). The van der Waals surface area contributed by atoms with E-state index in [2.05, 4.69) is 10.4 Å². The molecule has 0 saturated carbocycles. The molecule has 3 amide bonds. The van der Waals surface area contributed by atoms with Gasteiger partial charge in [-0.05, 0) is 49.6 Å². The van der Waals surface area contributed by atoms with E-state index in [0.29, 0.717) is 5.69 Å². The van der Waals surface area contributed by atoms with Crippen molar-refractivity contribution in [2.24, 2.45) is 5.10 Å². The number of nitrogens with one attached hydrogen (secondary N) is 1. The average molecular weight is 406 g/mol. The molecule has 30 heavy (non-hydrogen) atoms. The van der Waals surface area contributed by atoms with Gasteiger partial charge in [0.05, 0.1) is 12.2 Å². The van der Waals surface area contributed by atoms with E-state index in [1.54, 1.807) is 13.1 Å². The molecule has 0 radical (unpaired) electrons. The molecule has 2 aromatic carbocycles. The summed E-state index contributed by atoms with van der Waals surface area (Å²) in [5.74, 6) is -0.810. The molecule has 1 aliphatic rings. The first-order valence-electron chi connectivity index (χ1n) is 9.85. The zero-order valence-electron chi connectivity index (χ0n) is 17.7. The summed E-state index contributed by atoms with van der Waals surface area (Å²) in [7, 11) is 1.56. The smallest absolute Gasteiger partial charge is 0.270 e. The van der Waals surface area contributed by atoms with Crippen LogP contribution >= 0.6 is 0 Å². The number of hydrazone groups is 1. The summed E-state index contributed by atoms with van der Waals surface area (Å²) in [4.78, 5) is 39.0. The van der Waals surface area contributed by atoms with Gasteiger partial charge in [0.1, 0.15) is 5.71 Å². The molecule has 1 aliphatic heterocycles. The summed E-state index contributed by atoms with van der Waals surface area (Å²) < 4.78 is 0. The predicted octanol–water partition coefficient (Wildman–Crippen LogP) is 3.19. The molecule has 0 atom stereocenters. The number of rotatable bonds is 5. The van der Waals surface area contributed by atoms with Crippen molar-refractivity contribution in [2.45, 2.75) is 33.6 Å². The SMILES string of the molecule is Cc1cccc(N2N=C(C(=O)N(C)CC(=O)Nc3c(C)cccc3C)CCC2=O)c1. The van der Waals surface area contributed by atoms with Crippen molar-refractivity contribution >= 4 is 34.8 Å². The van der Waals surface area contributed by atoms with Crippen LogP contribution in [0.4, 0.5) is 11.4 Å². The second-order valence-corrected chi connectivity index (χ2v) is 7.57. The van der Waals surface area contributed by atoms with Gasteiger partial charge < -0.3 is 10.2 Å². The summed E-state index contributed by atoms with van der Waals surface area (Å²) in [5.41, 5.74) is 4.56. The van der Waals surface area contributed by atoms with E-state index in [1.807, 2.05) is 57.2 Å². The van der Waals surface area contributed by atoms with Gasteiger partial charge >= 0.3 is 0 Å². The third kappa shape index (κ3) is 4.74. The summed E-state index contributed by atoms with van der Waals surface area (Å²) >= 11 is 0. The highest BCUT2D eigenvalue weighted by atomic mass is 16.2. The van der Waals surface area contributed by atoms with Gasteiger partial charge in [-0.1, -0.05) is 30.3 Å². The number of hydrogen-bond acceptors (Lipinski definition) is 4. The van der Waals surface area contributed by atoms with E-state index < -0.39 is 0 Å². The number of amides is 3. The predicted molar refractivity (Wildman–Crippen MR) is 118 cm³/mol. The van der Waals surface area contributed by atoms with Crippen molar-refractivity contribution < 1.29 is 14.4 Å². The second-order valence-electron chi connectivity index (χ2n) is 7.57. The second kappa shape index (κ2) is 8.90. The van der Waals surface area contributed by atoms with E-state index in [1.165, 1.54) is 9.91 Å². The van der Waals surface area contributed by atoms with Crippen LogP contribution in [0, 0.1) is 20.8 Å². The minimum Gasteiger partial charge on any atom is -0.331 e. The van der Waals surface area contributed by atoms with Crippen molar-refractivity contribution in [2.75, 3.05) is 23.9 Å². The summed E-state index contributed by atoms with van der Waals surface area (Å²) in [6.07, 6.45) is 0.448. The van der Waals surface area contributed by atoms with Gasteiger partial charge in [-0.3, -0.25) is 14.4 Å². The fourth-order valence-corrected chi connectivity index (χ4v) is 3.37. The van der Waals surface area contributed by atoms with Crippen molar-refractivity contribution in [1.82, 2.24) is 4.90 Å². The molecule has 0 saturated heterocycles. The maximum Gasteiger partial charge on any atom is 0.270 e. The van der Waals surface area contributed by atoms with E-state index >= 15 is 0 Å². The fourth-order valence-electron chi connectivity index (χ4n) is 3.37. The van der Waals surface area contributed by atoms with Gasteiger partial charge in [0.2, 0.25) is 11.8 Å². The van der Waals surface area contributed by atoms with Gasteiger partial charge in [0.25, 0.3) is 5.91 Å². The largest absolute Gasteiger partial charge is 0.331 e. The molecular formula is C23H26N4O3. The molecule has 0 unspecified atom stereocenters. The third-order valence-electron chi connectivity index (χ3n) is 5.00. The lowest BCUT2D eigenvalue weighted by molar-refractivity contribution is -0.128. The highest BCUT2D eigenvalue weighted by Crippen LogP contribution is 2.22. The molecule has 0 spiro atoms. The first kappa shape index (κ1) is 21.2. The number of likely N-dealkylation sites (N-methyl/N-ethyl adjacent to an activating group) is 1. The molecule has 0 aliphatic carbocycles. The molecular weight excluding hydrogens is 380 g/mol.